The summed E-state index contributed by atoms with van der Waals surface area (Å²) < 4.78 is 79.9. The lowest BCUT2D eigenvalue weighted by Gasteiger charge is -2.26. The van der Waals surface area contributed by atoms with Gasteiger partial charge in [0.2, 0.25) is 0 Å². The molecule has 2 aromatic rings. The zero-order chi connectivity index (χ0) is 19.8. The first-order valence-electron chi connectivity index (χ1n) is 7.79. The van der Waals surface area contributed by atoms with Crippen molar-refractivity contribution in [3.05, 3.63) is 47.3 Å². The van der Waals surface area contributed by atoms with Crippen LogP contribution in [0.4, 0.5) is 26.3 Å². The quantitative estimate of drug-likeness (QED) is 0.701. The first-order valence-corrected chi connectivity index (χ1v) is 8.94. The zero-order valence-electron chi connectivity index (χ0n) is 13.6. The number of nitrogens with zero attached hydrogens (tertiary/aromatic N) is 3. The van der Waals surface area contributed by atoms with Crippen LogP contribution in [0.2, 0.25) is 0 Å². The summed E-state index contributed by atoms with van der Waals surface area (Å²) in [7, 11) is 0. The highest BCUT2D eigenvalue weighted by Gasteiger charge is 2.42. The topological polar surface area (TPSA) is 38.1 Å². The Morgan fingerprint density at radius 3 is 2.30 bits per heavy atom. The van der Waals surface area contributed by atoms with E-state index in [4.69, 9.17) is 0 Å². The van der Waals surface area contributed by atoms with Gasteiger partial charge in [-0.2, -0.15) is 43.2 Å². The Labute approximate surface area is 154 Å². The van der Waals surface area contributed by atoms with Crippen molar-refractivity contribution in [1.29, 1.82) is 0 Å². The molecule has 27 heavy (non-hydrogen) atoms. The fraction of sp³-hybridized carbons (Fsp3) is 0.375. The molecule has 0 atom stereocenters. The van der Waals surface area contributed by atoms with E-state index in [2.05, 4.69) is 5.10 Å². The molecule has 0 spiro atoms. The molecule has 0 radical (unpaired) electrons. The van der Waals surface area contributed by atoms with Crippen molar-refractivity contribution in [2.45, 2.75) is 12.4 Å². The fourth-order valence-corrected chi connectivity index (χ4v) is 3.63. The standard InChI is InChI=1S/C16H13F6N3OS/c17-15(18,19)10-2-1-3-11(8-10)25-13(16(20,21)22)12(9-23-25)14(26)24-4-6-27-7-5-24/h1-3,8-9H,4-7H2. The number of halogens is 6. The number of thioether (sulfide) groups is 1. The molecule has 1 fully saturated rings. The summed E-state index contributed by atoms with van der Waals surface area (Å²) in [6, 6.07) is 3.37. The van der Waals surface area contributed by atoms with Crippen LogP contribution in [0, 0.1) is 0 Å². The van der Waals surface area contributed by atoms with E-state index in [1.165, 1.54) is 4.90 Å². The second-order valence-corrected chi connectivity index (χ2v) is 6.99. The van der Waals surface area contributed by atoms with Gasteiger partial charge in [-0.15, -0.1) is 0 Å². The molecule has 0 aliphatic carbocycles. The van der Waals surface area contributed by atoms with Gasteiger partial charge in [-0.25, -0.2) is 4.68 Å². The van der Waals surface area contributed by atoms with E-state index in [1.54, 1.807) is 11.8 Å². The van der Waals surface area contributed by atoms with E-state index >= 15 is 0 Å². The van der Waals surface area contributed by atoms with Crippen LogP contribution in [0.3, 0.4) is 0 Å². The highest BCUT2D eigenvalue weighted by molar-refractivity contribution is 7.99. The minimum Gasteiger partial charge on any atom is -0.337 e. The Kier molecular flexibility index (Phi) is 5.15. The van der Waals surface area contributed by atoms with Gasteiger partial charge in [0.25, 0.3) is 5.91 Å². The monoisotopic (exact) mass is 409 g/mol. The third-order valence-corrected chi connectivity index (χ3v) is 4.93. The molecule has 1 aliphatic rings. The summed E-state index contributed by atoms with van der Waals surface area (Å²) in [6.45, 7) is 0.602. The van der Waals surface area contributed by atoms with Gasteiger partial charge in [-0.3, -0.25) is 4.79 Å². The Morgan fingerprint density at radius 2 is 1.70 bits per heavy atom. The number of rotatable bonds is 2. The molecule has 0 bridgehead atoms. The van der Waals surface area contributed by atoms with Gasteiger partial charge >= 0.3 is 12.4 Å². The van der Waals surface area contributed by atoms with Gasteiger partial charge < -0.3 is 4.90 Å². The lowest BCUT2D eigenvalue weighted by Crippen LogP contribution is -2.38. The molecule has 1 amide bonds. The molecule has 0 N–H and O–H groups in total. The van der Waals surface area contributed by atoms with Gasteiger partial charge in [0, 0.05) is 24.6 Å². The van der Waals surface area contributed by atoms with E-state index in [0.29, 0.717) is 35.3 Å². The Hall–Kier alpha value is -2.17. The molecule has 4 nitrogen and oxygen atoms in total. The number of carbonyl (C=O) groups excluding carboxylic acids is 1. The number of hydrogen-bond acceptors (Lipinski definition) is 3. The third kappa shape index (κ3) is 4.07. The second-order valence-electron chi connectivity index (χ2n) is 5.77. The van der Waals surface area contributed by atoms with Crippen molar-refractivity contribution in [2.24, 2.45) is 0 Å². The molecule has 1 aromatic heterocycles. The number of hydrogen-bond donors (Lipinski definition) is 0. The lowest BCUT2D eigenvalue weighted by molar-refractivity contribution is -0.143. The van der Waals surface area contributed by atoms with E-state index in [9.17, 15) is 31.1 Å². The van der Waals surface area contributed by atoms with Crippen LogP contribution < -0.4 is 0 Å². The number of benzene rings is 1. The van der Waals surface area contributed by atoms with Gasteiger partial charge in [0.15, 0.2) is 5.69 Å². The van der Waals surface area contributed by atoms with E-state index < -0.39 is 40.8 Å². The molecule has 1 aliphatic heterocycles. The van der Waals surface area contributed by atoms with Crippen LogP contribution in [0.15, 0.2) is 30.5 Å². The Bertz CT molecular complexity index is 839. The summed E-state index contributed by atoms with van der Waals surface area (Å²) >= 11 is 1.58. The lowest BCUT2D eigenvalue weighted by atomic mass is 10.1. The Balaban J connectivity index is 2.07. The summed E-state index contributed by atoms with van der Waals surface area (Å²) in [5, 5.41) is 3.57. The second kappa shape index (κ2) is 7.10. The molecular formula is C16H13F6N3OS. The third-order valence-electron chi connectivity index (χ3n) is 3.98. The summed E-state index contributed by atoms with van der Waals surface area (Å²) in [5.41, 5.74) is -3.59. The van der Waals surface area contributed by atoms with Crippen LogP contribution in [0.1, 0.15) is 21.6 Å². The molecule has 146 valence electrons. The van der Waals surface area contributed by atoms with Crippen LogP contribution in [-0.2, 0) is 12.4 Å². The summed E-state index contributed by atoms with van der Waals surface area (Å²) in [4.78, 5) is 13.8. The zero-order valence-corrected chi connectivity index (χ0v) is 14.5. The molecule has 1 saturated heterocycles. The smallest absolute Gasteiger partial charge is 0.337 e. The maximum atomic E-state index is 13.6. The first kappa shape index (κ1) is 19.6. The van der Waals surface area contributed by atoms with Crippen LogP contribution >= 0.6 is 11.8 Å². The minimum atomic E-state index is -4.97. The van der Waals surface area contributed by atoms with Gasteiger partial charge in [-0.05, 0) is 18.2 Å². The maximum Gasteiger partial charge on any atom is 0.434 e. The van der Waals surface area contributed by atoms with E-state index in [1.807, 2.05) is 0 Å². The highest BCUT2D eigenvalue weighted by Crippen LogP contribution is 2.36. The Morgan fingerprint density at radius 1 is 1.04 bits per heavy atom. The van der Waals surface area contributed by atoms with E-state index in [0.717, 1.165) is 24.4 Å². The van der Waals surface area contributed by atoms with Crippen molar-refractivity contribution in [3.63, 3.8) is 0 Å². The van der Waals surface area contributed by atoms with E-state index in [-0.39, 0.29) is 0 Å². The normalized spacial score (nSPS) is 15.9. The summed E-state index contributed by atoms with van der Waals surface area (Å²) in [5.74, 6) is 0.379. The van der Waals surface area contributed by atoms with Crippen LogP contribution in [0.25, 0.3) is 5.69 Å². The van der Waals surface area contributed by atoms with Gasteiger partial charge in [-0.1, -0.05) is 6.07 Å². The molecule has 2 heterocycles. The number of alkyl halides is 6. The predicted octanol–water partition coefficient (Wildman–Crippen LogP) is 4.10. The molecular weight excluding hydrogens is 396 g/mol. The summed E-state index contributed by atoms with van der Waals surface area (Å²) in [6.07, 6.45) is -8.93. The number of carbonyl (C=O) groups is 1. The number of aromatic nitrogens is 2. The fourth-order valence-electron chi connectivity index (χ4n) is 2.72. The minimum absolute atomic E-state index is 0.301. The molecule has 1 aromatic carbocycles. The molecule has 3 rings (SSSR count). The van der Waals surface area contributed by atoms with Crippen molar-refractivity contribution >= 4 is 17.7 Å². The maximum absolute atomic E-state index is 13.6. The average molecular weight is 409 g/mol. The van der Waals surface area contributed by atoms with Crippen molar-refractivity contribution in [3.8, 4) is 5.69 Å². The van der Waals surface area contributed by atoms with Gasteiger partial charge in [0.1, 0.15) is 0 Å². The average Bonchev–Trinajstić information content (AvgIpc) is 3.07. The molecule has 0 unspecified atom stereocenters. The first-order chi connectivity index (χ1) is 12.6. The molecule has 0 saturated carbocycles. The van der Waals surface area contributed by atoms with Crippen LogP contribution in [0.5, 0.6) is 0 Å². The molecule has 11 heteroatoms. The van der Waals surface area contributed by atoms with Gasteiger partial charge in [0.05, 0.1) is 23.0 Å². The SMILES string of the molecule is O=C(c1cnn(-c2cccc(C(F)(F)F)c2)c1C(F)(F)F)N1CCSCC1. The van der Waals surface area contributed by atoms with Crippen molar-refractivity contribution < 1.29 is 31.1 Å². The van der Waals surface area contributed by atoms with Crippen molar-refractivity contribution in [1.82, 2.24) is 14.7 Å². The van der Waals surface area contributed by atoms with Crippen LogP contribution in [-0.4, -0.2) is 45.2 Å². The predicted molar refractivity (Wildman–Crippen MR) is 86.8 cm³/mol. The largest absolute Gasteiger partial charge is 0.434 e. The highest BCUT2D eigenvalue weighted by atomic mass is 32.2. The van der Waals surface area contributed by atoms with Crippen molar-refractivity contribution in [2.75, 3.05) is 24.6 Å². The number of amides is 1.